The van der Waals surface area contributed by atoms with Gasteiger partial charge in [-0.05, 0) is 36.6 Å². The van der Waals surface area contributed by atoms with Crippen LogP contribution in [0.5, 0.6) is 0 Å². The summed E-state index contributed by atoms with van der Waals surface area (Å²) in [7, 11) is 1.77. The second-order valence-corrected chi connectivity index (χ2v) is 6.22. The maximum absolute atomic E-state index is 11.1. The molecule has 0 bridgehead atoms. The zero-order valence-corrected chi connectivity index (χ0v) is 12.7. The Labute approximate surface area is 120 Å². The van der Waals surface area contributed by atoms with Crippen molar-refractivity contribution in [3.63, 3.8) is 0 Å². The predicted octanol–water partition coefficient (Wildman–Crippen LogP) is 2.00. The van der Waals surface area contributed by atoms with Gasteiger partial charge in [0.15, 0.2) is 0 Å². The van der Waals surface area contributed by atoms with Crippen molar-refractivity contribution in [2.75, 3.05) is 7.11 Å². The normalized spacial score (nSPS) is 24.2. The van der Waals surface area contributed by atoms with Crippen LogP contribution in [0.3, 0.4) is 0 Å². The molecule has 0 aliphatic heterocycles. The molecule has 3 N–H and O–H groups in total. The summed E-state index contributed by atoms with van der Waals surface area (Å²) in [6.07, 6.45) is 1.38. The van der Waals surface area contributed by atoms with Gasteiger partial charge >= 0.3 is 0 Å². The molecule has 2 rings (SSSR count). The van der Waals surface area contributed by atoms with Gasteiger partial charge < -0.3 is 15.8 Å². The van der Waals surface area contributed by atoms with E-state index in [1.54, 1.807) is 13.2 Å². The lowest BCUT2D eigenvalue weighted by atomic mass is 9.64. The second-order valence-electron chi connectivity index (χ2n) is 6.22. The van der Waals surface area contributed by atoms with Crippen LogP contribution in [0.25, 0.3) is 0 Å². The van der Waals surface area contributed by atoms with Crippen LogP contribution >= 0.6 is 0 Å². The molecule has 1 amide bonds. The number of hydrogen-bond acceptors (Lipinski definition) is 3. The third kappa shape index (κ3) is 2.72. The fourth-order valence-corrected chi connectivity index (χ4v) is 2.91. The number of nitrogens with one attached hydrogen (secondary N) is 1. The highest BCUT2D eigenvalue weighted by molar-refractivity contribution is 5.93. The summed E-state index contributed by atoms with van der Waals surface area (Å²) in [5.41, 5.74) is 8.30. The minimum Gasteiger partial charge on any atom is -0.381 e. The van der Waals surface area contributed by atoms with Crippen LogP contribution in [0.2, 0.25) is 0 Å². The zero-order valence-electron chi connectivity index (χ0n) is 12.7. The van der Waals surface area contributed by atoms with Crippen molar-refractivity contribution in [3.05, 3.63) is 34.9 Å². The number of aryl methyl sites for hydroxylation is 1. The van der Waals surface area contributed by atoms with Crippen LogP contribution in [0.4, 0.5) is 0 Å². The number of methoxy groups -OCH3 is 1. The van der Waals surface area contributed by atoms with Crippen LogP contribution in [-0.2, 0) is 11.3 Å². The second kappa shape index (κ2) is 5.54. The summed E-state index contributed by atoms with van der Waals surface area (Å²) < 4.78 is 5.46. The number of carbonyl (C=O) groups excluding carboxylic acids is 1. The third-order valence-corrected chi connectivity index (χ3v) is 4.63. The maximum atomic E-state index is 11.1. The molecular formula is C16H24N2O2. The van der Waals surface area contributed by atoms with Gasteiger partial charge in [0, 0.05) is 30.7 Å². The summed E-state index contributed by atoms with van der Waals surface area (Å²) in [6, 6.07) is 6.07. The molecule has 0 spiro atoms. The highest BCUT2D eigenvalue weighted by atomic mass is 16.5. The Morgan fingerprint density at radius 1 is 1.50 bits per heavy atom. The summed E-state index contributed by atoms with van der Waals surface area (Å²) >= 11 is 0. The number of rotatable bonds is 5. The molecule has 2 unspecified atom stereocenters. The molecule has 4 nitrogen and oxygen atoms in total. The Balaban J connectivity index is 1.97. The molecule has 110 valence electrons. The molecular weight excluding hydrogens is 252 g/mol. The molecule has 1 saturated carbocycles. The fourth-order valence-electron chi connectivity index (χ4n) is 2.91. The van der Waals surface area contributed by atoms with E-state index in [1.807, 2.05) is 19.1 Å². The Morgan fingerprint density at radius 2 is 2.20 bits per heavy atom. The third-order valence-electron chi connectivity index (χ3n) is 4.63. The van der Waals surface area contributed by atoms with Crippen LogP contribution in [0.15, 0.2) is 18.2 Å². The van der Waals surface area contributed by atoms with Crippen LogP contribution < -0.4 is 11.1 Å². The fraction of sp³-hybridized carbons (Fsp3) is 0.562. The smallest absolute Gasteiger partial charge is 0.248 e. The number of amides is 1. The summed E-state index contributed by atoms with van der Waals surface area (Å²) in [6.45, 7) is 7.26. The lowest BCUT2D eigenvalue weighted by Gasteiger charge is -2.51. The number of ether oxygens (including phenoxy) is 1. The molecule has 1 fully saturated rings. The molecule has 1 aromatic carbocycles. The average Bonchev–Trinajstić information content (AvgIpc) is 2.39. The highest BCUT2D eigenvalue weighted by Gasteiger charge is 2.48. The Kier molecular flexibility index (Phi) is 4.16. The number of nitrogens with two attached hydrogens (primary N) is 1. The van der Waals surface area contributed by atoms with Gasteiger partial charge in [0.05, 0.1) is 6.10 Å². The number of primary amides is 1. The Hall–Kier alpha value is -1.39. The van der Waals surface area contributed by atoms with Gasteiger partial charge in [0.2, 0.25) is 5.91 Å². The van der Waals surface area contributed by atoms with Gasteiger partial charge in [0.1, 0.15) is 0 Å². The van der Waals surface area contributed by atoms with Gasteiger partial charge in [-0.1, -0.05) is 19.9 Å². The van der Waals surface area contributed by atoms with Crippen molar-refractivity contribution in [3.8, 4) is 0 Å². The Bertz CT molecular complexity index is 511. The van der Waals surface area contributed by atoms with E-state index in [9.17, 15) is 4.79 Å². The first kappa shape index (κ1) is 15.0. The van der Waals surface area contributed by atoms with Crippen molar-refractivity contribution < 1.29 is 9.53 Å². The molecule has 20 heavy (non-hydrogen) atoms. The van der Waals surface area contributed by atoms with Gasteiger partial charge in [-0.2, -0.15) is 0 Å². The molecule has 0 radical (unpaired) electrons. The molecule has 0 aromatic heterocycles. The monoisotopic (exact) mass is 276 g/mol. The summed E-state index contributed by atoms with van der Waals surface area (Å²) in [5, 5.41) is 3.58. The van der Waals surface area contributed by atoms with Gasteiger partial charge in [-0.25, -0.2) is 0 Å². The first-order chi connectivity index (χ1) is 9.36. The standard InChI is InChI=1S/C16H24N2O2/c1-10-7-11(15(17)19)5-6-12(10)9-18-13-8-14(20-4)16(13,2)3/h5-7,13-14,18H,8-9H2,1-4H3,(H2,17,19). The van der Waals surface area contributed by atoms with Gasteiger partial charge in [0.25, 0.3) is 0 Å². The van der Waals surface area contributed by atoms with Gasteiger partial charge in [-0.15, -0.1) is 0 Å². The number of benzene rings is 1. The first-order valence-electron chi connectivity index (χ1n) is 7.01. The maximum Gasteiger partial charge on any atom is 0.248 e. The minimum absolute atomic E-state index is 0.163. The van der Waals surface area contributed by atoms with Crippen molar-refractivity contribution in [1.82, 2.24) is 5.32 Å². The number of hydrogen-bond donors (Lipinski definition) is 2. The van der Waals surface area contributed by atoms with E-state index < -0.39 is 0 Å². The quantitative estimate of drug-likeness (QED) is 0.864. The molecule has 0 heterocycles. The largest absolute Gasteiger partial charge is 0.381 e. The molecule has 4 heteroatoms. The van der Waals surface area contributed by atoms with E-state index >= 15 is 0 Å². The number of carbonyl (C=O) groups is 1. The SMILES string of the molecule is COC1CC(NCc2ccc(C(N)=O)cc2C)C1(C)C. The van der Waals surface area contributed by atoms with E-state index in [4.69, 9.17) is 10.5 Å². The van der Waals surface area contributed by atoms with E-state index in [1.165, 1.54) is 5.56 Å². The first-order valence-corrected chi connectivity index (χ1v) is 7.01. The summed E-state index contributed by atoms with van der Waals surface area (Å²) in [4.78, 5) is 11.1. The van der Waals surface area contributed by atoms with E-state index in [2.05, 4.69) is 19.2 Å². The minimum atomic E-state index is -0.379. The zero-order chi connectivity index (χ0) is 14.9. The van der Waals surface area contributed by atoms with Crippen LogP contribution in [0.1, 0.15) is 41.8 Å². The van der Waals surface area contributed by atoms with E-state index in [0.717, 1.165) is 18.5 Å². The molecule has 0 saturated heterocycles. The highest BCUT2D eigenvalue weighted by Crippen LogP contribution is 2.42. The molecule has 2 atom stereocenters. The van der Waals surface area contributed by atoms with Crippen molar-refractivity contribution in [1.29, 1.82) is 0 Å². The van der Waals surface area contributed by atoms with Gasteiger partial charge in [-0.3, -0.25) is 4.79 Å². The topological polar surface area (TPSA) is 64.3 Å². The lowest BCUT2D eigenvalue weighted by molar-refractivity contribution is -0.0979. The van der Waals surface area contributed by atoms with Crippen LogP contribution in [-0.4, -0.2) is 25.2 Å². The van der Waals surface area contributed by atoms with E-state index in [0.29, 0.717) is 17.7 Å². The molecule has 1 aromatic rings. The van der Waals surface area contributed by atoms with Crippen molar-refractivity contribution in [2.24, 2.45) is 11.1 Å². The van der Waals surface area contributed by atoms with Crippen LogP contribution in [0, 0.1) is 12.3 Å². The van der Waals surface area contributed by atoms with Crippen molar-refractivity contribution >= 4 is 5.91 Å². The predicted molar refractivity (Wildman–Crippen MR) is 79.5 cm³/mol. The average molecular weight is 276 g/mol. The van der Waals surface area contributed by atoms with Crippen molar-refractivity contribution in [2.45, 2.75) is 45.9 Å². The molecule has 1 aliphatic carbocycles. The lowest BCUT2D eigenvalue weighted by Crippen LogP contribution is -2.60. The molecule has 1 aliphatic rings. The summed E-state index contributed by atoms with van der Waals surface area (Å²) in [5.74, 6) is -0.379. The van der Waals surface area contributed by atoms with E-state index in [-0.39, 0.29) is 11.3 Å². The Morgan fingerprint density at radius 3 is 2.70 bits per heavy atom.